The lowest BCUT2D eigenvalue weighted by molar-refractivity contribution is -0.118. The highest BCUT2D eigenvalue weighted by molar-refractivity contribution is 5.76. The van der Waals surface area contributed by atoms with E-state index in [1.165, 1.54) is 32.1 Å². The predicted molar refractivity (Wildman–Crippen MR) is 122 cm³/mol. The summed E-state index contributed by atoms with van der Waals surface area (Å²) >= 11 is 0. The van der Waals surface area contributed by atoms with Gasteiger partial charge in [-0.3, -0.25) is 4.79 Å². The molecule has 0 aliphatic carbocycles. The molecule has 1 aromatic heterocycles. The second-order valence-electron chi connectivity index (χ2n) is 7.73. The van der Waals surface area contributed by atoms with E-state index in [0.29, 0.717) is 24.3 Å². The molecule has 0 unspecified atom stereocenters. The van der Waals surface area contributed by atoms with Crippen LogP contribution in [0.2, 0.25) is 0 Å². The molecule has 0 radical (unpaired) electrons. The van der Waals surface area contributed by atoms with Crippen LogP contribution in [-0.2, 0) is 4.79 Å². The third kappa shape index (κ3) is 8.93. The SMILES string of the molecule is CCCCCCCCOc1c/c(=N\C(=O)CCCCCC)cnn1-c1ccccc1. The summed E-state index contributed by atoms with van der Waals surface area (Å²) in [5, 5.41) is 5.05. The molecule has 5 heteroatoms. The van der Waals surface area contributed by atoms with Crippen molar-refractivity contribution in [2.75, 3.05) is 6.61 Å². The van der Waals surface area contributed by atoms with Crippen molar-refractivity contribution in [3.05, 3.63) is 48.0 Å². The molecule has 1 amide bonds. The summed E-state index contributed by atoms with van der Waals surface area (Å²) < 4.78 is 7.83. The van der Waals surface area contributed by atoms with E-state index in [1.54, 1.807) is 10.9 Å². The van der Waals surface area contributed by atoms with Gasteiger partial charge >= 0.3 is 0 Å². The number of benzene rings is 1. The summed E-state index contributed by atoms with van der Waals surface area (Å²) in [6, 6.07) is 11.7. The fraction of sp³-hybridized carbons (Fsp3) is 0.560. The highest BCUT2D eigenvalue weighted by Crippen LogP contribution is 2.15. The van der Waals surface area contributed by atoms with Crippen LogP contribution in [0, 0.1) is 0 Å². The van der Waals surface area contributed by atoms with Crippen molar-refractivity contribution >= 4 is 5.91 Å². The number of ether oxygens (including phenoxy) is 1. The van der Waals surface area contributed by atoms with Crippen molar-refractivity contribution in [3.8, 4) is 11.6 Å². The van der Waals surface area contributed by atoms with Crippen molar-refractivity contribution in [1.82, 2.24) is 9.78 Å². The second-order valence-corrected chi connectivity index (χ2v) is 7.73. The molecule has 0 N–H and O–H groups in total. The van der Waals surface area contributed by atoms with Gasteiger partial charge in [-0.05, 0) is 25.0 Å². The molecule has 5 nitrogen and oxygen atoms in total. The zero-order valence-electron chi connectivity index (χ0n) is 18.7. The molecule has 0 fully saturated rings. The van der Waals surface area contributed by atoms with Crippen LogP contribution in [0.4, 0.5) is 0 Å². The first-order valence-corrected chi connectivity index (χ1v) is 11.6. The number of para-hydroxylation sites is 1. The monoisotopic (exact) mass is 411 g/mol. The molecule has 0 bridgehead atoms. The van der Waals surface area contributed by atoms with Crippen molar-refractivity contribution < 1.29 is 9.53 Å². The van der Waals surface area contributed by atoms with Gasteiger partial charge in [-0.2, -0.15) is 5.10 Å². The molecule has 0 aliphatic heterocycles. The molecule has 1 aromatic carbocycles. The summed E-state index contributed by atoms with van der Waals surface area (Å²) in [6.07, 6.45) is 13.7. The maximum Gasteiger partial charge on any atom is 0.246 e. The van der Waals surface area contributed by atoms with Gasteiger partial charge in [0.25, 0.3) is 0 Å². The van der Waals surface area contributed by atoms with Gasteiger partial charge in [-0.15, -0.1) is 0 Å². The summed E-state index contributed by atoms with van der Waals surface area (Å²) in [4.78, 5) is 16.4. The van der Waals surface area contributed by atoms with E-state index in [4.69, 9.17) is 4.74 Å². The molecule has 1 heterocycles. The van der Waals surface area contributed by atoms with Gasteiger partial charge in [0.2, 0.25) is 11.8 Å². The minimum Gasteiger partial charge on any atom is -0.478 e. The molecule has 30 heavy (non-hydrogen) atoms. The quantitative estimate of drug-likeness (QED) is 0.358. The van der Waals surface area contributed by atoms with E-state index >= 15 is 0 Å². The Hall–Kier alpha value is -2.43. The topological polar surface area (TPSA) is 56.5 Å². The van der Waals surface area contributed by atoms with Gasteiger partial charge in [0, 0.05) is 12.5 Å². The van der Waals surface area contributed by atoms with E-state index in [2.05, 4.69) is 23.9 Å². The lowest BCUT2D eigenvalue weighted by Gasteiger charge is -2.13. The molecular formula is C25H37N3O2. The molecular weight excluding hydrogens is 374 g/mol. The van der Waals surface area contributed by atoms with Crippen LogP contribution >= 0.6 is 0 Å². The Bertz CT molecular complexity index is 800. The van der Waals surface area contributed by atoms with E-state index in [0.717, 1.165) is 37.8 Å². The fourth-order valence-corrected chi connectivity index (χ4v) is 3.29. The first-order valence-electron chi connectivity index (χ1n) is 11.6. The lowest BCUT2D eigenvalue weighted by Crippen LogP contribution is -2.15. The van der Waals surface area contributed by atoms with Gasteiger partial charge in [0.1, 0.15) is 0 Å². The average Bonchev–Trinajstić information content (AvgIpc) is 2.77. The normalized spacial score (nSPS) is 11.6. The standard InChI is InChI=1S/C25H37N3O2/c1-3-5-7-9-10-15-19-30-25-20-22(27-24(29)18-14-8-6-4-2)21-26-28(25)23-16-12-11-13-17-23/h11-13,16-17,20-21H,3-10,14-15,18-19H2,1-2H3/b27-22+. The molecule has 0 atom stereocenters. The summed E-state index contributed by atoms with van der Waals surface area (Å²) in [5.74, 6) is 0.530. The minimum atomic E-state index is -0.0905. The smallest absolute Gasteiger partial charge is 0.246 e. The highest BCUT2D eigenvalue weighted by atomic mass is 16.5. The molecule has 2 rings (SSSR count). The Labute approximate surface area is 181 Å². The van der Waals surface area contributed by atoms with E-state index in [-0.39, 0.29) is 5.91 Å². The number of nitrogens with zero attached hydrogens (tertiary/aromatic N) is 3. The number of carbonyl (C=O) groups excluding carboxylic acids is 1. The van der Waals surface area contributed by atoms with Crippen LogP contribution in [0.15, 0.2) is 47.6 Å². The van der Waals surface area contributed by atoms with Crippen LogP contribution in [0.25, 0.3) is 5.69 Å². The maximum atomic E-state index is 12.2. The Morgan fingerprint density at radius 3 is 2.33 bits per heavy atom. The Morgan fingerprint density at radius 1 is 0.933 bits per heavy atom. The first-order chi connectivity index (χ1) is 14.7. The van der Waals surface area contributed by atoms with Gasteiger partial charge in [0.05, 0.1) is 23.8 Å². The Morgan fingerprint density at radius 2 is 1.60 bits per heavy atom. The van der Waals surface area contributed by atoms with Gasteiger partial charge in [-0.25, -0.2) is 9.67 Å². The van der Waals surface area contributed by atoms with E-state index in [1.807, 2.05) is 36.4 Å². The summed E-state index contributed by atoms with van der Waals surface area (Å²) in [6.45, 7) is 5.03. The van der Waals surface area contributed by atoms with Crippen molar-refractivity contribution in [1.29, 1.82) is 0 Å². The largest absolute Gasteiger partial charge is 0.478 e. The second kappa shape index (κ2) is 14.5. The summed E-state index contributed by atoms with van der Waals surface area (Å²) in [5.41, 5.74) is 0.924. The number of hydrogen-bond donors (Lipinski definition) is 0. The molecule has 0 aliphatic rings. The number of amides is 1. The third-order valence-corrected chi connectivity index (χ3v) is 5.03. The number of rotatable bonds is 14. The van der Waals surface area contributed by atoms with Crippen LogP contribution in [0.3, 0.4) is 0 Å². The van der Waals surface area contributed by atoms with Crippen LogP contribution in [0.1, 0.15) is 84.5 Å². The molecule has 2 aromatic rings. The zero-order chi connectivity index (χ0) is 21.4. The van der Waals surface area contributed by atoms with Gasteiger partial charge in [0.15, 0.2) is 0 Å². The zero-order valence-corrected chi connectivity index (χ0v) is 18.7. The van der Waals surface area contributed by atoms with Crippen LogP contribution in [-0.4, -0.2) is 22.3 Å². The van der Waals surface area contributed by atoms with Gasteiger partial charge in [-0.1, -0.05) is 83.4 Å². The van der Waals surface area contributed by atoms with E-state index < -0.39 is 0 Å². The maximum absolute atomic E-state index is 12.2. The predicted octanol–water partition coefficient (Wildman–Crippen LogP) is 6.01. The lowest BCUT2D eigenvalue weighted by atomic mass is 10.1. The highest BCUT2D eigenvalue weighted by Gasteiger charge is 2.07. The van der Waals surface area contributed by atoms with Crippen molar-refractivity contribution in [2.45, 2.75) is 84.5 Å². The number of carbonyl (C=O) groups is 1. The molecule has 164 valence electrons. The third-order valence-electron chi connectivity index (χ3n) is 5.03. The number of hydrogen-bond acceptors (Lipinski definition) is 3. The number of aromatic nitrogens is 2. The molecule has 0 saturated heterocycles. The molecule has 0 spiro atoms. The van der Waals surface area contributed by atoms with E-state index in [9.17, 15) is 4.79 Å². The van der Waals surface area contributed by atoms with Crippen molar-refractivity contribution in [3.63, 3.8) is 0 Å². The minimum absolute atomic E-state index is 0.0905. The number of unbranched alkanes of at least 4 members (excludes halogenated alkanes) is 8. The Kier molecular flexibility index (Phi) is 11.6. The first kappa shape index (κ1) is 23.8. The molecule has 0 saturated carbocycles. The van der Waals surface area contributed by atoms with Gasteiger partial charge < -0.3 is 4.74 Å². The van der Waals surface area contributed by atoms with Crippen molar-refractivity contribution in [2.24, 2.45) is 4.99 Å². The Balaban J connectivity index is 2.05. The summed E-state index contributed by atoms with van der Waals surface area (Å²) in [7, 11) is 0. The fourth-order valence-electron chi connectivity index (χ4n) is 3.29. The van der Waals surface area contributed by atoms with Crippen LogP contribution in [0.5, 0.6) is 5.88 Å². The van der Waals surface area contributed by atoms with Crippen LogP contribution < -0.4 is 10.1 Å². The average molecular weight is 412 g/mol.